The quantitative estimate of drug-likeness (QED) is 0.699. The van der Waals surface area contributed by atoms with Crippen molar-refractivity contribution in [2.45, 2.75) is 13.0 Å². The largest absolute Gasteiger partial charge is 0.491 e. The molecule has 0 spiro atoms. The van der Waals surface area contributed by atoms with E-state index in [1.54, 1.807) is 7.11 Å². The number of aryl methyl sites for hydroxylation is 1. The van der Waals surface area contributed by atoms with Crippen LogP contribution >= 0.6 is 0 Å². The van der Waals surface area contributed by atoms with Crippen LogP contribution in [0.5, 0.6) is 5.75 Å². The number of nitrogens with one attached hydrogen (secondary N) is 1. The molecule has 2 rings (SSSR count). The topological polar surface area (TPSA) is 30.5 Å². The average Bonchev–Trinajstić information content (AvgIpc) is 2.49. The molecule has 0 saturated heterocycles. The van der Waals surface area contributed by atoms with Crippen LogP contribution in [0.3, 0.4) is 0 Å². The van der Waals surface area contributed by atoms with Gasteiger partial charge in [0.25, 0.3) is 0 Å². The van der Waals surface area contributed by atoms with Crippen LogP contribution in [0.25, 0.3) is 0 Å². The molecule has 0 bridgehead atoms. The van der Waals surface area contributed by atoms with Crippen molar-refractivity contribution in [3.05, 3.63) is 29.3 Å². The minimum absolute atomic E-state index is 0.167. The highest BCUT2D eigenvalue weighted by Gasteiger charge is 2.23. The molecule has 1 N–H and O–H groups in total. The van der Waals surface area contributed by atoms with E-state index in [2.05, 4.69) is 24.5 Å². The van der Waals surface area contributed by atoms with Crippen molar-refractivity contribution >= 4 is 0 Å². The Labute approximate surface area is 77.6 Å². The van der Waals surface area contributed by atoms with Gasteiger partial charge in [-0.1, -0.05) is 12.1 Å². The van der Waals surface area contributed by atoms with Gasteiger partial charge in [0.1, 0.15) is 12.4 Å². The lowest BCUT2D eigenvalue weighted by Gasteiger charge is -2.08. The van der Waals surface area contributed by atoms with E-state index in [4.69, 9.17) is 9.57 Å². The van der Waals surface area contributed by atoms with Crippen LogP contribution in [0.4, 0.5) is 0 Å². The van der Waals surface area contributed by atoms with E-state index in [0.717, 1.165) is 5.75 Å². The van der Waals surface area contributed by atoms with Crippen LogP contribution in [0.1, 0.15) is 17.2 Å². The number of hydrogen-bond donors (Lipinski definition) is 1. The summed E-state index contributed by atoms with van der Waals surface area (Å²) in [5.41, 5.74) is 5.29. The molecule has 0 saturated carbocycles. The smallest absolute Gasteiger partial charge is 0.124 e. The molecule has 3 heteroatoms. The number of fused-ring (bicyclic) bond motifs is 1. The summed E-state index contributed by atoms with van der Waals surface area (Å²) in [6.45, 7) is 2.70. The second-order valence-electron chi connectivity index (χ2n) is 3.23. The second kappa shape index (κ2) is 3.36. The molecular weight excluding hydrogens is 166 g/mol. The van der Waals surface area contributed by atoms with Gasteiger partial charge in [-0.05, 0) is 18.6 Å². The van der Waals surface area contributed by atoms with Crippen LogP contribution in [-0.4, -0.2) is 13.7 Å². The Kier molecular flexibility index (Phi) is 2.20. The molecule has 1 aromatic carbocycles. The van der Waals surface area contributed by atoms with E-state index in [-0.39, 0.29) is 6.04 Å². The van der Waals surface area contributed by atoms with Crippen molar-refractivity contribution in [1.82, 2.24) is 5.48 Å². The predicted molar refractivity (Wildman–Crippen MR) is 49.6 cm³/mol. The molecule has 1 heterocycles. The van der Waals surface area contributed by atoms with E-state index in [9.17, 15) is 0 Å². The number of benzene rings is 1. The lowest BCUT2D eigenvalue weighted by molar-refractivity contribution is 0.0536. The van der Waals surface area contributed by atoms with Crippen molar-refractivity contribution in [2.75, 3.05) is 13.7 Å². The second-order valence-corrected chi connectivity index (χ2v) is 3.23. The van der Waals surface area contributed by atoms with Gasteiger partial charge in [-0.3, -0.25) is 0 Å². The third-order valence-corrected chi connectivity index (χ3v) is 2.21. The van der Waals surface area contributed by atoms with Crippen LogP contribution in [0.15, 0.2) is 18.2 Å². The Morgan fingerprint density at radius 3 is 3.15 bits per heavy atom. The normalized spacial score (nSPS) is 19.7. The molecular formula is C10H13NO2. The fourth-order valence-corrected chi connectivity index (χ4v) is 1.56. The molecule has 1 unspecified atom stereocenters. The highest BCUT2D eigenvalue weighted by molar-refractivity contribution is 5.41. The van der Waals surface area contributed by atoms with Gasteiger partial charge in [0.2, 0.25) is 0 Å². The summed E-state index contributed by atoms with van der Waals surface area (Å²) in [6, 6.07) is 6.37. The first-order valence-corrected chi connectivity index (χ1v) is 4.33. The predicted octanol–water partition coefficient (Wildman–Crippen LogP) is 1.58. The summed E-state index contributed by atoms with van der Waals surface area (Å²) >= 11 is 0. The van der Waals surface area contributed by atoms with Crippen LogP contribution < -0.4 is 10.2 Å². The number of hydroxylamine groups is 1. The summed E-state index contributed by atoms with van der Waals surface area (Å²) in [5.74, 6) is 0.967. The monoisotopic (exact) mass is 179 g/mol. The number of hydrogen-bond acceptors (Lipinski definition) is 3. The first-order valence-electron chi connectivity index (χ1n) is 4.33. The third-order valence-electron chi connectivity index (χ3n) is 2.21. The van der Waals surface area contributed by atoms with E-state index >= 15 is 0 Å². The van der Waals surface area contributed by atoms with Gasteiger partial charge in [0.05, 0.1) is 13.2 Å². The SMILES string of the molecule is CONC1COc2cc(C)ccc21. The lowest BCUT2D eigenvalue weighted by Crippen LogP contribution is -2.20. The van der Waals surface area contributed by atoms with E-state index in [1.807, 2.05) is 6.07 Å². The third kappa shape index (κ3) is 1.53. The molecule has 3 nitrogen and oxygen atoms in total. The van der Waals surface area contributed by atoms with Gasteiger partial charge >= 0.3 is 0 Å². The Morgan fingerprint density at radius 2 is 2.38 bits per heavy atom. The molecule has 1 aromatic rings. The van der Waals surface area contributed by atoms with E-state index < -0.39 is 0 Å². The van der Waals surface area contributed by atoms with E-state index in [1.165, 1.54) is 11.1 Å². The molecule has 1 atom stereocenters. The molecule has 0 radical (unpaired) electrons. The summed E-state index contributed by atoms with van der Waals surface area (Å²) in [7, 11) is 1.62. The Balaban J connectivity index is 2.27. The number of ether oxygens (including phenoxy) is 1. The van der Waals surface area contributed by atoms with Gasteiger partial charge in [0, 0.05) is 5.56 Å². The first kappa shape index (κ1) is 8.53. The molecule has 1 aliphatic rings. The van der Waals surface area contributed by atoms with Crippen molar-refractivity contribution in [2.24, 2.45) is 0 Å². The molecule has 0 aliphatic carbocycles. The van der Waals surface area contributed by atoms with Gasteiger partial charge in [0.15, 0.2) is 0 Å². The highest BCUT2D eigenvalue weighted by Crippen LogP contribution is 2.32. The molecule has 0 amide bonds. The minimum atomic E-state index is 0.167. The van der Waals surface area contributed by atoms with Gasteiger partial charge in [-0.2, -0.15) is 5.48 Å². The van der Waals surface area contributed by atoms with Crippen LogP contribution in [0.2, 0.25) is 0 Å². The maximum atomic E-state index is 5.50. The molecule has 1 aliphatic heterocycles. The molecule has 0 aromatic heterocycles. The van der Waals surface area contributed by atoms with Crippen LogP contribution in [-0.2, 0) is 4.84 Å². The first-order chi connectivity index (χ1) is 6.31. The van der Waals surface area contributed by atoms with Gasteiger partial charge in [-0.25, -0.2) is 0 Å². The summed E-state index contributed by atoms with van der Waals surface area (Å²) in [4.78, 5) is 4.88. The van der Waals surface area contributed by atoms with Crippen molar-refractivity contribution in [3.8, 4) is 5.75 Å². The molecule has 13 heavy (non-hydrogen) atoms. The zero-order valence-corrected chi connectivity index (χ0v) is 7.83. The fourth-order valence-electron chi connectivity index (χ4n) is 1.56. The van der Waals surface area contributed by atoms with Gasteiger partial charge in [-0.15, -0.1) is 0 Å². The van der Waals surface area contributed by atoms with Crippen molar-refractivity contribution in [1.29, 1.82) is 0 Å². The number of rotatable bonds is 2. The zero-order valence-electron chi connectivity index (χ0n) is 7.83. The Hall–Kier alpha value is -1.06. The maximum Gasteiger partial charge on any atom is 0.124 e. The van der Waals surface area contributed by atoms with Crippen molar-refractivity contribution < 1.29 is 9.57 Å². The summed E-state index contributed by atoms with van der Waals surface area (Å²) in [6.07, 6.45) is 0. The van der Waals surface area contributed by atoms with Crippen molar-refractivity contribution in [3.63, 3.8) is 0 Å². The highest BCUT2D eigenvalue weighted by atomic mass is 16.6. The molecule has 0 fully saturated rings. The Bertz CT molecular complexity index is 312. The van der Waals surface area contributed by atoms with Gasteiger partial charge < -0.3 is 9.57 Å². The summed E-state index contributed by atoms with van der Waals surface area (Å²) < 4.78 is 5.50. The summed E-state index contributed by atoms with van der Waals surface area (Å²) in [5, 5.41) is 0. The maximum absolute atomic E-state index is 5.50. The van der Waals surface area contributed by atoms with Crippen LogP contribution in [0, 0.1) is 6.92 Å². The molecule has 70 valence electrons. The standard InChI is InChI=1S/C10H13NO2/c1-7-3-4-8-9(11-12-2)6-13-10(8)5-7/h3-5,9,11H,6H2,1-2H3. The minimum Gasteiger partial charge on any atom is -0.491 e. The Morgan fingerprint density at radius 1 is 1.54 bits per heavy atom. The fraction of sp³-hybridized carbons (Fsp3) is 0.400. The average molecular weight is 179 g/mol. The zero-order chi connectivity index (χ0) is 9.26. The van der Waals surface area contributed by atoms with E-state index in [0.29, 0.717) is 6.61 Å². The lowest BCUT2D eigenvalue weighted by atomic mass is 10.1.